The lowest BCUT2D eigenvalue weighted by molar-refractivity contribution is 0.273. The summed E-state index contributed by atoms with van der Waals surface area (Å²) >= 11 is 5.40. The molecule has 1 nitrogen and oxygen atoms in total. The van der Waals surface area contributed by atoms with Gasteiger partial charge in [0.05, 0.1) is 0 Å². The van der Waals surface area contributed by atoms with E-state index in [9.17, 15) is 4.39 Å². The average molecular weight is 318 g/mol. The Bertz CT molecular complexity index is 365. The first-order valence-corrected chi connectivity index (χ1v) is 7.80. The highest BCUT2D eigenvalue weighted by Crippen LogP contribution is 2.23. The minimum Gasteiger partial charge on any atom is -0.297 e. The van der Waals surface area contributed by atoms with Crippen LogP contribution in [-0.2, 0) is 6.54 Å². The van der Waals surface area contributed by atoms with E-state index in [-0.39, 0.29) is 5.82 Å². The van der Waals surface area contributed by atoms with Gasteiger partial charge in [0.1, 0.15) is 5.82 Å². The van der Waals surface area contributed by atoms with Gasteiger partial charge in [0.25, 0.3) is 0 Å². The van der Waals surface area contributed by atoms with Crippen LogP contribution < -0.4 is 0 Å². The van der Waals surface area contributed by atoms with Gasteiger partial charge in [-0.1, -0.05) is 22.9 Å². The minimum absolute atomic E-state index is 0.159. The second-order valence-electron chi connectivity index (χ2n) is 4.41. The van der Waals surface area contributed by atoms with Crippen molar-refractivity contribution in [2.45, 2.75) is 25.1 Å². The lowest BCUT2D eigenvalue weighted by Crippen LogP contribution is -2.37. The van der Waals surface area contributed by atoms with Gasteiger partial charge in [-0.15, -0.1) is 0 Å². The van der Waals surface area contributed by atoms with E-state index in [2.05, 4.69) is 39.5 Å². The molecule has 94 valence electrons. The van der Waals surface area contributed by atoms with Crippen molar-refractivity contribution < 1.29 is 4.39 Å². The Hall–Kier alpha value is -0.0600. The number of halogens is 2. The predicted octanol–water partition coefficient (Wildman–Crippen LogP) is 3.92. The molecule has 1 aromatic carbocycles. The maximum atomic E-state index is 13.3. The van der Waals surface area contributed by atoms with Crippen LogP contribution in [0.5, 0.6) is 0 Å². The monoisotopic (exact) mass is 317 g/mol. The van der Waals surface area contributed by atoms with E-state index in [0.717, 1.165) is 34.9 Å². The predicted molar refractivity (Wildman–Crippen MR) is 75.9 cm³/mol. The van der Waals surface area contributed by atoms with Crippen LogP contribution in [0.3, 0.4) is 0 Å². The molecule has 1 saturated heterocycles. The van der Waals surface area contributed by atoms with Crippen LogP contribution in [0.2, 0.25) is 0 Å². The lowest BCUT2D eigenvalue weighted by atomic mass is 10.2. The van der Waals surface area contributed by atoms with E-state index < -0.39 is 0 Å². The summed E-state index contributed by atoms with van der Waals surface area (Å²) in [5.41, 5.74) is 1.05. The molecule has 0 aromatic heterocycles. The van der Waals surface area contributed by atoms with Crippen LogP contribution in [-0.4, -0.2) is 29.0 Å². The highest BCUT2D eigenvalue weighted by Gasteiger charge is 2.18. The van der Waals surface area contributed by atoms with Gasteiger partial charge in [-0.2, -0.15) is 11.8 Å². The number of nitrogens with zero attached hydrogens (tertiary/aromatic N) is 1. The molecule has 0 radical (unpaired) electrons. The van der Waals surface area contributed by atoms with E-state index in [1.165, 1.54) is 18.2 Å². The zero-order valence-electron chi connectivity index (χ0n) is 9.96. The highest BCUT2D eigenvalue weighted by molar-refractivity contribution is 9.10. The Morgan fingerprint density at radius 1 is 1.47 bits per heavy atom. The summed E-state index contributed by atoms with van der Waals surface area (Å²) < 4.78 is 14.1. The van der Waals surface area contributed by atoms with Crippen LogP contribution in [0.15, 0.2) is 22.7 Å². The van der Waals surface area contributed by atoms with Gasteiger partial charge in [-0.3, -0.25) is 4.90 Å². The number of benzene rings is 1. The van der Waals surface area contributed by atoms with Crippen LogP contribution in [0, 0.1) is 5.82 Å². The third kappa shape index (κ3) is 3.97. The fraction of sp³-hybridized carbons (Fsp3) is 0.538. The summed E-state index contributed by atoms with van der Waals surface area (Å²) in [6, 6.07) is 5.14. The number of thioether (sulfide) groups is 1. The fourth-order valence-electron chi connectivity index (χ4n) is 2.13. The van der Waals surface area contributed by atoms with Gasteiger partial charge in [0.2, 0.25) is 0 Å². The van der Waals surface area contributed by atoms with E-state index in [0.29, 0.717) is 0 Å². The van der Waals surface area contributed by atoms with E-state index in [1.807, 2.05) is 6.07 Å². The molecule has 17 heavy (non-hydrogen) atoms. The summed E-state index contributed by atoms with van der Waals surface area (Å²) in [6.45, 7) is 5.32. The van der Waals surface area contributed by atoms with Crippen LogP contribution in [0.25, 0.3) is 0 Å². The van der Waals surface area contributed by atoms with E-state index in [4.69, 9.17) is 0 Å². The molecule has 1 aliphatic rings. The summed E-state index contributed by atoms with van der Waals surface area (Å²) in [5.74, 6) is 1.03. The molecule has 1 unspecified atom stereocenters. The van der Waals surface area contributed by atoms with Crippen molar-refractivity contribution in [1.29, 1.82) is 0 Å². The molecule has 0 bridgehead atoms. The fourth-order valence-corrected chi connectivity index (χ4v) is 3.89. The SMILES string of the molecule is CCC1CN(Cc2cc(F)cc(Br)c2)CCS1. The van der Waals surface area contributed by atoms with Gasteiger partial charge in [0, 0.05) is 35.1 Å². The molecule has 0 aliphatic carbocycles. The number of rotatable bonds is 3. The molecule has 1 aliphatic heterocycles. The average Bonchev–Trinajstić information content (AvgIpc) is 2.28. The Morgan fingerprint density at radius 2 is 2.29 bits per heavy atom. The summed E-state index contributed by atoms with van der Waals surface area (Å²) in [7, 11) is 0. The third-order valence-corrected chi connectivity index (χ3v) is 4.84. The van der Waals surface area contributed by atoms with Crippen LogP contribution >= 0.6 is 27.7 Å². The second kappa shape index (κ2) is 6.21. The first kappa shape index (κ1) is 13.4. The van der Waals surface area contributed by atoms with E-state index >= 15 is 0 Å². The Balaban J connectivity index is 2.00. The van der Waals surface area contributed by atoms with Crippen molar-refractivity contribution in [2.75, 3.05) is 18.8 Å². The van der Waals surface area contributed by atoms with E-state index in [1.54, 1.807) is 6.07 Å². The van der Waals surface area contributed by atoms with Crippen molar-refractivity contribution in [3.63, 3.8) is 0 Å². The first-order chi connectivity index (χ1) is 8.17. The number of hydrogen-bond donors (Lipinski definition) is 0. The molecular formula is C13H17BrFNS. The van der Waals surface area contributed by atoms with Crippen molar-refractivity contribution in [2.24, 2.45) is 0 Å². The van der Waals surface area contributed by atoms with Gasteiger partial charge in [0.15, 0.2) is 0 Å². The molecule has 0 N–H and O–H groups in total. The maximum absolute atomic E-state index is 13.3. The summed E-state index contributed by atoms with van der Waals surface area (Å²) in [6.07, 6.45) is 1.22. The molecular weight excluding hydrogens is 301 g/mol. The zero-order chi connectivity index (χ0) is 12.3. The molecule has 1 heterocycles. The Kier molecular flexibility index (Phi) is 4.88. The molecule has 0 saturated carbocycles. The molecule has 0 spiro atoms. The largest absolute Gasteiger partial charge is 0.297 e. The lowest BCUT2D eigenvalue weighted by Gasteiger charge is -2.31. The van der Waals surface area contributed by atoms with Gasteiger partial charge < -0.3 is 0 Å². The molecule has 4 heteroatoms. The molecule has 1 fully saturated rings. The quantitative estimate of drug-likeness (QED) is 0.831. The standard InChI is InChI=1S/C13H17BrFNS/c1-2-13-9-16(3-4-17-13)8-10-5-11(14)7-12(15)6-10/h5-7,13H,2-4,8-9H2,1H3. The van der Waals surface area contributed by atoms with Gasteiger partial charge in [-0.25, -0.2) is 4.39 Å². The topological polar surface area (TPSA) is 3.24 Å². The molecule has 2 rings (SSSR count). The number of hydrogen-bond acceptors (Lipinski definition) is 2. The third-order valence-electron chi connectivity index (χ3n) is 3.01. The molecule has 1 atom stereocenters. The van der Waals surface area contributed by atoms with Gasteiger partial charge >= 0.3 is 0 Å². The van der Waals surface area contributed by atoms with Crippen molar-refractivity contribution in [3.05, 3.63) is 34.1 Å². The highest BCUT2D eigenvalue weighted by atomic mass is 79.9. The van der Waals surface area contributed by atoms with Crippen molar-refractivity contribution in [3.8, 4) is 0 Å². The normalized spacial score (nSPS) is 21.7. The Morgan fingerprint density at radius 3 is 3.00 bits per heavy atom. The first-order valence-electron chi connectivity index (χ1n) is 5.96. The van der Waals surface area contributed by atoms with Crippen molar-refractivity contribution >= 4 is 27.7 Å². The summed E-state index contributed by atoms with van der Waals surface area (Å²) in [5, 5.41) is 0.737. The Labute approximate surface area is 115 Å². The van der Waals surface area contributed by atoms with Crippen LogP contribution in [0.4, 0.5) is 4.39 Å². The maximum Gasteiger partial charge on any atom is 0.124 e. The zero-order valence-corrected chi connectivity index (χ0v) is 12.4. The smallest absolute Gasteiger partial charge is 0.124 e. The summed E-state index contributed by atoms with van der Waals surface area (Å²) in [4.78, 5) is 2.42. The second-order valence-corrected chi connectivity index (χ2v) is 6.74. The van der Waals surface area contributed by atoms with Gasteiger partial charge in [-0.05, 0) is 30.2 Å². The molecule has 0 amide bonds. The minimum atomic E-state index is -0.159. The van der Waals surface area contributed by atoms with Crippen LogP contribution in [0.1, 0.15) is 18.9 Å². The van der Waals surface area contributed by atoms with Crippen molar-refractivity contribution in [1.82, 2.24) is 4.90 Å². The molecule has 1 aromatic rings.